The van der Waals surface area contributed by atoms with Gasteiger partial charge in [-0.2, -0.15) is 0 Å². The van der Waals surface area contributed by atoms with Crippen molar-refractivity contribution < 1.29 is 62.7 Å². The molecule has 0 fully saturated rings. The van der Waals surface area contributed by atoms with E-state index >= 15 is 0 Å². The summed E-state index contributed by atoms with van der Waals surface area (Å²) < 4.78 is 26.8. The highest BCUT2D eigenvalue weighted by Gasteiger charge is 2.20. The second kappa shape index (κ2) is 33.1. The molecule has 1 rings (SSSR count). The van der Waals surface area contributed by atoms with Gasteiger partial charge in [-0.3, -0.25) is 19.2 Å². The van der Waals surface area contributed by atoms with Crippen LogP contribution in [0.25, 0.3) is 0 Å². The van der Waals surface area contributed by atoms with Gasteiger partial charge in [-0.25, -0.2) is 9.59 Å². The fraction of sp³-hybridized carbons (Fsp3) is 0.684. The minimum absolute atomic E-state index is 0.0139. The highest BCUT2D eigenvalue weighted by atomic mass is 16.5. The van der Waals surface area contributed by atoms with Crippen LogP contribution < -0.4 is 26.0 Å². The van der Waals surface area contributed by atoms with Crippen molar-refractivity contribution in [1.29, 1.82) is 0 Å². The third-order valence-electron chi connectivity index (χ3n) is 7.91. The van der Waals surface area contributed by atoms with Crippen LogP contribution >= 0.6 is 0 Å². The van der Waals surface area contributed by atoms with E-state index in [-0.39, 0.29) is 101 Å². The van der Waals surface area contributed by atoms with Gasteiger partial charge in [-0.15, -0.1) is 0 Å². The number of nitrogens with one attached hydrogen (secondary N) is 4. The Morgan fingerprint density at radius 2 is 1.09 bits per heavy atom. The predicted octanol–water partition coefficient (Wildman–Crippen LogP) is 2.45. The zero-order chi connectivity index (χ0) is 40.4. The Hall–Kier alpha value is -4.32. The summed E-state index contributed by atoms with van der Waals surface area (Å²) in [6.07, 6.45) is 8.39. The summed E-state index contributed by atoms with van der Waals surface area (Å²) in [5, 5.41) is 29.0. The van der Waals surface area contributed by atoms with Crippen LogP contribution in [0.1, 0.15) is 94.3 Å². The molecular weight excluding hydrogens is 720 g/mol. The Balaban J connectivity index is 1.95. The summed E-state index contributed by atoms with van der Waals surface area (Å²) >= 11 is 0. The summed E-state index contributed by atoms with van der Waals surface area (Å²) in [5.74, 6) is -2.72. The monoisotopic (exact) mass is 782 g/mol. The molecule has 1 aromatic carbocycles. The topological polar surface area (TPSA) is 237 Å². The minimum Gasteiger partial charge on any atom is -0.494 e. The Kier molecular flexibility index (Phi) is 29.3. The zero-order valence-electron chi connectivity index (χ0n) is 32.2. The largest absolute Gasteiger partial charge is 0.494 e. The number of aromatic carboxylic acids is 1. The van der Waals surface area contributed by atoms with Gasteiger partial charge in [0, 0.05) is 32.5 Å². The van der Waals surface area contributed by atoms with Gasteiger partial charge in [0.25, 0.3) is 0 Å². The number of aliphatic carboxylic acids is 1. The molecular formula is C38H62N4O13. The lowest BCUT2D eigenvalue weighted by atomic mass is 10.1. The molecule has 0 saturated heterocycles. The quantitative estimate of drug-likeness (QED) is 0.0538. The number of carboxylic acids is 2. The molecule has 0 heterocycles. The van der Waals surface area contributed by atoms with Crippen molar-refractivity contribution in [2.75, 3.05) is 79.1 Å². The highest BCUT2D eigenvalue weighted by Crippen LogP contribution is 2.14. The average molecular weight is 783 g/mol. The lowest BCUT2D eigenvalue weighted by molar-refractivity contribution is -0.142. The van der Waals surface area contributed by atoms with Gasteiger partial charge in [-0.1, -0.05) is 45.4 Å². The molecule has 4 amide bonds. The van der Waals surface area contributed by atoms with E-state index in [1.165, 1.54) is 12.1 Å². The Labute approximate surface area is 323 Å². The van der Waals surface area contributed by atoms with Crippen LogP contribution in [0.2, 0.25) is 0 Å². The van der Waals surface area contributed by atoms with Gasteiger partial charge in [0.15, 0.2) is 0 Å². The van der Waals surface area contributed by atoms with Gasteiger partial charge in [0.2, 0.25) is 23.6 Å². The molecule has 0 saturated carbocycles. The van der Waals surface area contributed by atoms with Crippen molar-refractivity contribution in [3.63, 3.8) is 0 Å². The Bertz CT molecular complexity index is 1230. The molecule has 0 aliphatic heterocycles. The summed E-state index contributed by atoms with van der Waals surface area (Å²) in [7, 11) is 0. The third kappa shape index (κ3) is 28.7. The number of carboxylic acid groups (broad SMARTS) is 2. The Morgan fingerprint density at radius 3 is 1.65 bits per heavy atom. The van der Waals surface area contributed by atoms with Crippen LogP contribution in [0.5, 0.6) is 5.75 Å². The number of carbonyl (C=O) groups is 6. The van der Waals surface area contributed by atoms with E-state index in [9.17, 15) is 33.9 Å². The highest BCUT2D eigenvalue weighted by molar-refractivity contribution is 5.87. The van der Waals surface area contributed by atoms with Gasteiger partial charge < -0.3 is 55.2 Å². The molecule has 0 radical (unpaired) electrons. The maximum Gasteiger partial charge on any atom is 0.335 e. The van der Waals surface area contributed by atoms with E-state index in [0.29, 0.717) is 38.5 Å². The summed E-state index contributed by atoms with van der Waals surface area (Å²) in [6.45, 7) is 5.03. The average Bonchev–Trinajstić information content (AvgIpc) is 3.16. The number of hydrogen-bond donors (Lipinski definition) is 6. The molecule has 0 aliphatic carbocycles. The van der Waals surface area contributed by atoms with Crippen LogP contribution in [0.4, 0.5) is 0 Å². The number of hydrogen-bond acceptors (Lipinski definition) is 11. The summed E-state index contributed by atoms with van der Waals surface area (Å²) in [5.41, 5.74) is 0.217. The number of benzene rings is 1. The predicted molar refractivity (Wildman–Crippen MR) is 202 cm³/mol. The van der Waals surface area contributed by atoms with E-state index in [1.54, 1.807) is 12.1 Å². The molecule has 312 valence electrons. The molecule has 55 heavy (non-hydrogen) atoms. The lowest BCUT2D eigenvalue weighted by Gasteiger charge is -2.14. The van der Waals surface area contributed by atoms with E-state index in [4.69, 9.17) is 28.8 Å². The second-order valence-corrected chi connectivity index (χ2v) is 12.6. The van der Waals surface area contributed by atoms with Crippen LogP contribution in [0.3, 0.4) is 0 Å². The number of rotatable bonds is 36. The van der Waals surface area contributed by atoms with Gasteiger partial charge in [-0.05, 0) is 49.9 Å². The van der Waals surface area contributed by atoms with Gasteiger partial charge in [0.1, 0.15) is 25.0 Å². The van der Waals surface area contributed by atoms with Crippen LogP contribution in [0.15, 0.2) is 24.3 Å². The van der Waals surface area contributed by atoms with Crippen LogP contribution in [-0.4, -0.2) is 131 Å². The first-order chi connectivity index (χ1) is 26.6. The maximum atomic E-state index is 12.3. The third-order valence-corrected chi connectivity index (χ3v) is 7.91. The molecule has 6 N–H and O–H groups in total. The summed E-state index contributed by atoms with van der Waals surface area (Å²) in [6, 6.07) is 5.14. The lowest BCUT2D eigenvalue weighted by Crippen LogP contribution is -2.41. The molecule has 1 atom stereocenters. The zero-order valence-corrected chi connectivity index (χ0v) is 32.2. The molecule has 0 aliphatic rings. The molecule has 0 bridgehead atoms. The van der Waals surface area contributed by atoms with E-state index < -0.39 is 18.0 Å². The SMILES string of the molecule is CCCCNC(=O)COCCOCCNC(=O)COCCOCCNC(=O)CC[C@H](NC(=O)CCCCCCCCCOc1ccc(C(=O)O)cc1)C(=O)O. The standard InChI is InChI=1S/C38H62N4O13/c1-2-3-18-39-35(45)28-53-26-25-52-23-20-41-36(46)29-54-27-24-51-22-19-40-33(43)17-16-32(38(49)50)42-34(44)11-9-7-5-4-6-8-10-21-55-31-14-12-30(13-15-31)37(47)48/h12-15,32H,2-11,16-29H2,1H3,(H,39,45)(H,40,43)(H,41,46)(H,42,44)(H,47,48)(H,49,50)/t32-/m0/s1. The maximum absolute atomic E-state index is 12.3. The smallest absolute Gasteiger partial charge is 0.335 e. The van der Waals surface area contributed by atoms with Crippen molar-refractivity contribution in [3.05, 3.63) is 29.8 Å². The number of ether oxygens (including phenoxy) is 5. The first-order valence-electron chi connectivity index (χ1n) is 19.2. The van der Waals surface area contributed by atoms with Crippen LogP contribution in [-0.2, 0) is 42.9 Å². The van der Waals surface area contributed by atoms with Crippen LogP contribution in [0, 0.1) is 0 Å². The molecule has 1 aromatic rings. The molecule has 0 aromatic heterocycles. The normalized spacial score (nSPS) is 11.4. The van der Waals surface area contributed by atoms with Crippen molar-refractivity contribution >= 4 is 35.6 Å². The number of unbranched alkanes of at least 4 members (excludes halogenated alkanes) is 7. The van der Waals surface area contributed by atoms with E-state index in [2.05, 4.69) is 21.3 Å². The second-order valence-electron chi connectivity index (χ2n) is 12.6. The summed E-state index contributed by atoms with van der Waals surface area (Å²) in [4.78, 5) is 70.3. The van der Waals surface area contributed by atoms with E-state index in [1.807, 2.05) is 6.92 Å². The fourth-order valence-electron chi connectivity index (χ4n) is 4.84. The first-order valence-corrected chi connectivity index (χ1v) is 19.2. The number of carbonyl (C=O) groups excluding carboxylic acids is 4. The molecule has 0 unspecified atom stereocenters. The molecule has 0 spiro atoms. The van der Waals surface area contributed by atoms with Crippen molar-refractivity contribution in [2.45, 2.75) is 90.0 Å². The molecule has 17 nitrogen and oxygen atoms in total. The van der Waals surface area contributed by atoms with Crippen molar-refractivity contribution in [1.82, 2.24) is 21.3 Å². The first kappa shape index (κ1) is 48.7. The number of amides is 4. The van der Waals surface area contributed by atoms with Crippen molar-refractivity contribution in [2.24, 2.45) is 0 Å². The van der Waals surface area contributed by atoms with Crippen molar-refractivity contribution in [3.8, 4) is 5.75 Å². The van der Waals surface area contributed by atoms with Gasteiger partial charge >= 0.3 is 11.9 Å². The minimum atomic E-state index is -1.20. The van der Waals surface area contributed by atoms with E-state index in [0.717, 1.165) is 51.4 Å². The fourth-order valence-corrected chi connectivity index (χ4v) is 4.84. The molecule has 17 heteroatoms. The Morgan fingerprint density at radius 1 is 0.564 bits per heavy atom. The van der Waals surface area contributed by atoms with Gasteiger partial charge in [0.05, 0.1) is 51.8 Å².